The van der Waals surface area contributed by atoms with Gasteiger partial charge in [-0.25, -0.2) is 4.68 Å². The fraction of sp³-hybridized carbons (Fsp3) is 0.250. The Balaban J connectivity index is 1.85. The summed E-state index contributed by atoms with van der Waals surface area (Å²) in [5, 5.41) is 18.4. The number of nitrogens with one attached hydrogen (secondary N) is 1. The average molecular weight is 453 g/mol. The Labute approximate surface area is 181 Å². The molecule has 1 N–H and O–H groups in total. The van der Waals surface area contributed by atoms with Gasteiger partial charge in [-0.3, -0.25) is 0 Å². The number of benzene rings is 2. The molecule has 1 unspecified atom stereocenters. The van der Waals surface area contributed by atoms with E-state index in [-0.39, 0.29) is 11.5 Å². The van der Waals surface area contributed by atoms with Crippen LogP contribution in [0.15, 0.2) is 42.5 Å². The number of fused-ring (bicyclic) bond motifs is 1. The molecule has 1 heterocycles. The molecule has 0 spiro atoms. The summed E-state index contributed by atoms with van der Waals surface area (Å²) < 4.78 is 45.2. The van der Waals surface area contributed by atoms with E-state index >= 15 is 0 Å². The van der Waals surface area contributed by atoms with Crippen LogP contribution in [0.3, 0.4) is 0 Å². The number of ether oxygens (including phenoxy) is 1. The fourth-order valence-electron chi connectivity index (χ4n) is 2.94. The van der Waals surface area contributed by atoms with Crippen molar-refractivity contribution < 1.29 is 17.9 Å². The molecule has 3 rings (SSSR count). The lowest BCUT2D eigenvalue weighted by Gasteiger charge is -2.25. The molecule has 0 radical (unpaired) electrons. The summed E-state index contributed by atoms with van der Waals surface area (Å²) in [6.45, 7) is 1.68. The van der Waals surface area contributed by atoms with Crippen molar-refractivity contribution in [3.63, 3.8) is 0 Å². The third-order valence-corrected chi connectivity index (χ3v) is 5.00. The molecule has 3 aromatic rings. The second kappa shape index (κ2) is 8.13. The molecule has 10 heteroatoms. The predicted octanol–water partition coefficient (Wildman–Crippen LogP) is 4.96. The smallest absolute Gasteiger partial charge is 0.416 e. The molecule has 2 aromatic carbocycles. The zero-order chi connectivity index (χ0) is 22.1. The van der Waals surface area contributed by atoms with Crippen LogP contribution in [0.1, 0.15) is 18.1 Å². The molecule has 0 bridgehead atoms. The van der Waals surface area contributed by atoms with E-state index in [4.69, 9.17) is 28.6 Å². The fourth-order valence-corrected chi connectivity index (χ4v) is 3.47. The minimum absolute atomic E-state index is 0.0692. The molecular formula is C20H16ClF3N4OS. The van der Waals surface area contributed by atoms with Crippen LogP contribution in [0.25, 0.3) is 10.9 Å². The van der Waals surface area contributed by atoms with Gasteiger partial charge in [0.15, 0.2) is 0 Å². The van der Waals surface area contributed by atoms with Gasteiger partial charge in [0.2, 0.25) is 5.88 Å². The van der Waals surface area contributed by atoms with E-state index in [0.717, 1.165) is 17.5 Å². The highest BCUT2D eigenvalue weighted by atomic mass is 35.5. The highest BCUT2D eigenvalue weighted by Gasteiger charge is 2.31. The first-order valence-electron chi connectivity index (χ1n) is 8.67. The van der Waals surface area contributed by atoms with E-state index in [9.17, 15) is 18.4 Å². The summed E-state index contributed by atoms with van der Waals surface area (Å²) >= 11 is 11.3. The first kappa shape index (κ1) is 21.9. The summed E-state index contributed by atoms with van der Waals surface area (Å²) in [6.07, 6.45) is -4.43. The monoisotopic (exact) mass is 452 g/mol. The summed E-state index contributed by atoms with van der Waals surface area (Å²) in [5.41, 5.74) is -1.02. The van der Waals surface area contributed by atoms with E-state index in [1.807, 2.05) is 0 Å². The van der Waals surface area contributed by atoms with Crippen molar-refractivity contribution in [1.82, 2.24) is 15.1 Å². The number of nitrogens with zero attached hydrogens (tertiary/aromatic N) is 3. The number of hydrogen-bond acceptors (Lipinski definition) is 4. The van der Waals surface area contributed by atoms with Gasteiger partial charge in [0.1, 0.15) is 10.5 Å². The Kier molecular flexibility index (Phi) is 5.92. The molecular weight excluding hydrogens is 437 g/mol. The van der Waals surface area contributed by atoms with Gasteiger partial charge in [0.05, 0.1) is 36.2 Å². The minimum Gasteiger partial charge on any atom is -0.481 e. The number of hydrogen-bond donors (Lipinski definition) is 1. The predicted molar refractivity (Wildman–Crippen MR) is 112 cm³/mol. The maximum absolute atomic E-state index is 12.8. The number of methoxy groups -OCH3 is 1. The maximum atomic E-state index is 12.8. The zero-order valence-electron chi connectivity index (χ0n) is 15.9. The second-order valence-electron chi connectivity index (χ2n) is 6.80. The SMILES string of the molecule is COc1c2ccc(Cl)cc2nn1CC(C)(C#N)NC(=S)c1ccc(C(F)(F)F)cc1. The lowest BCUT2D eigenvalue weighted by molar-refractivity contribution is -0.137. The molecule has 0 saturated heterocycles. The molecule has 0 aliphatic rings. The number of alkyl halides is 3. The lowest BCUT2D eigenvalue weighted by atomic mass is 10.0. The minimum atomic E-state index is -4.43. The van der Waals surface area contributed by atoms with Crippen molar-refractivity contribution in [1.29, 1.82) is 5.26 Å². The van der Waals surface area contributed by atoms with Crippen molar-refractivity contribution >= 4 is 39.7 Å². The van der Waals surface area contributed by atoms with Crippen LogP contribution in [0, 0.1) is 11.3 Å². The first-order chi connectivity index (χ1) is 14.1. The van der Waals surface area contributed by atoms with Crippen molar-refractivity contribution in [3.05, 3.63) is 58.6 Å². The van der Waals surface area contributed by atoms with E-state index < -0.39 is 17.3 Å². The van der Waals surface area contributed by atoms with Gasteiger partial charge in [0.25, 0.3) is 0 Å². The molecule has 0 aliphatic carbocycles. The van der Waals surface area contributed by atoms with Crippen LogP contribution in [-0.4, -0.2) is 27.4 Å². The number of rotatable bonds is 5. The third kappa shape index (κ3) is 4.50. The number of thiocarbonyl (C=S) groups is 1. The highest BCUT2D eigenvalue weighted by Crippen LogP contribution is 2.30. The Morgan fingerprint density at radius 2 is 1.93 bits per heavy atom. The third-order valence-electron chi connectivity index (χ3n) is 4.42. The van der Waals surface area contributed by atoms with Crippen LogP contribution in [0.4, 0.5) is 13.2 Å². The summed E-state index contributed by atoms with van der Waals surface area (Å²) in [6, 6.07) is 11.7. The van der Waals surface area contributed by atoms with E-state index in [1.165, 1.54) is 23.9 Å². The number of halogens is 4. The molecule has 156 valence electrons. The largest absolute Gasteiger partial charge is 0.481 e. The van der Waals surface area contributed by atoms with Crippen molar-refractivity contribution in [2.45, 2.75) is 25.2 Å². The van der Waals surface area contributed by atoms with Crippen LogP contribution in [0.2, 0.25) is 5.02 Å². The molecule has 1 atom stereocenters. The van der Waals surface area contributed by atoms with E-state index in [0.29, 0.717) is 22.0 Å². The van der Waals surface area contributed by atoms with Crippen molar-refractivity contribution in [3.8, 4) is 11.9 Å². The Morgan fingerprint density at radius 1 is 1.27 bits per heavy atom. The van der Waals surface area contributed by atoms with Crippen LogP contribution < -0.4 is 10.1 Å². The summed E-state index contributed by atoms with van der Waals surface area (Å²) in [5.74, 6) is 0.449. The van der Waals surface area contributed by atoms with Gasteiger partial charge in [-0.2, -0.15) is 23.5 Å². The van der Waals surface area contributed by atoms with Gasteiger partial charge >= 0.3 is 6.18 Å². The van der Waals surface area contributed by atoms with Crippen LogP contribution in [0.5, 0.6) is 5.88 Å². The van der Waals surface area contributed by atoms with E-state index in [1.54, 1.807) is 25.1 Å². The molecule has 0 amide bonds. The van der Waals surface area contributed by atoms with Gasteiger partial charge in [0, 0.05) is 10.6 Å². The van der Waals surface area contributed by atoms with Crippen LogP contribution in [-0.2, 0) is 12.7 Å². The van der Waals surface area contributed by atoms with Gasteiger partial charge < -0.3 is 10.1 Å². The molecule has 30 heavy (non-hydrogen) atoms. The van der Waals surface area contributed by atoms with Gasteiger partial charge in [-0.15, -0.1) is 0 Å². The second-order valence-corrected chi connectivity index (χ2v) is 7.65. The first-order valence-corrected chi connectivity index (χ1v) is 9.46. The Bertz CT molecular complexity index is 1140. The number of aromatic nitrogens is 2. The molecule has 1 aromatic heterocycles. The molecule has 0 aliphatic heterocycles. The Morgan fingerprint density at radius 3 is 2.50 bits per heavy atom. The molecule has 0 fully saturated rings. The quantitative estimate of drug-likeness (QED) is 0.554. The van der Waals surface area contributed by atoms with E-state index in [2.05, 4.69) is 16.5 Å². The van der Waals surface area contributed by atoms with Crippen molar-refractivity contribution in [2.24, 2.45) is 0 Å². The van der Waals surface area contributed by atoms with Crippen LogP contribution >= 0.6 is 23.8 Å². The number of nitriles is 1. The summed E-state index contributed by atoms with van der Waals surface area (Å²) in [4.78, 5) is 0.145. The average Bonchev–Trinajstić information content (AvgIpc) is 3.02. The standard InChI is InChI=1S/C20H16ClF3N4OS/c1-19(10-25,26-17(30)12-3-5-13(6-4-12)20(22,23)24)11-28-18(29-2)15-8-7-14(21)9-16(15)27-28/h3-9H,11H2,1-2H3,(H,26,30). The van der Waals surface area contributed by atoms with Gasteiger partial charge in [-0.1, -0.05) is 36.0 Å². The maximum Gasteiger partial charge on any atom is 0.416 e. The Hall–Kier alpha value is -2.83. The molecule has 0 saturated carbocycles. The van der Waals surface area contributed by atoms with Crippen molar-refractivity contribution in [2.75, 3.05) is 7.11 Å². The zero-order valence-corrected chi connectivity index (χ0v) is 17.5. The summed E-state index contributed by atoms with van der Waals surface area (Å²) in [7, 11) is 1.49. The van der Waals surface area contributed by atoms with Gasteiger partial charge in [-0.05, 0) is 37.3 Å². The highest BCUT2D eigenvalue weighted by molar-refractivity contribution is 7.80. The lowest BCUT2D eigenvalue weighted by Crippen LogP contribution is -2.47. The normalized spacial score (nSPS) is 13.5. The molecule has 5 nitrogen and oxygen atoms in total. The topological polar surface area (TPSA) is 62.9 Å².